The van der Waals surface area contributed by atoms with E-state index in [9.17, 15) is 13.2 Å². The first-order chi connectivity index (χ1) is 10.3. The molecule has 1 fully saturated rings. The quantitative estimate of drug-likeness (QED) is 0.741. The molecule has 0 N–H and O–H groups in total. The van der Waals surface area contributed by atoms with Crippen LogP contribution in [0.25, 0.3) is 11.0 Å². The molecule has 1 saturated carbocycles. The lowest BCUT2D eigenvalue weighted by molar-refractivity contribution is 0.512. The zero-order valence-electron chi connectivity index (χ0n) is 12.3. The molecule has 0 radical (unpaired) electrons. The van der Waals surface area contributed by atoms with Crippen molar-refractivity contribution >= 4 is 36.8 Å². The Morgan fingerprint density at radius 2 is 1.91 bits per heavy atom. The monoisotopic (exact) mass is 385 g/mol. The summed E-state index contributed by atoms with van der Waals surface area (Å²) < 4.78 is 25.7. The molecule has 1 aliphatic carbocycles. The van der Waals surface area contributed by atoms with Crippen molar-refractivity contribution in [2.45, 2.75) is 43.8 Å². The molecule has 6 nitrogen and oxygen atoms in total. The Labute approximate surface area is 136 Å². The van der Waals surface area contributed by atoms with Crippen LogP contribution in [0, 0.1) is 6.92 Å². The molecule has 0 amide bonds. The zero-order chi connectivity index (χ0) is 16.1. The molecule has 0 unspecified atom stereocenters. The first-order valence-corrected chi connectivity index (χ1v) is 9.77. The molecule has 0 atom stereocenters. The normalized spacial score (nSPS) is 16.5. The summed E-state index contributed by atoms with van der Waals surface area (Å²) in [5.74, 6) is 0. The van der Waals surface area contributed by atoms with Gasteiger partial charge in [0.15, 0.2) is 0 Å². The summed E-state index contributed by atoms with van der Waals surface area (Å²) in [6.07, 6.45) is 5.01. The lowest BCUT2D eigenvalue weighted by atomic mass is 10.2. The van der Waals surface area contributed by atoms with Crippen LogP contribution in [-0.2, 0) is 9.84 Å². The summed E-state index contributed by atoms with van der Waals surface area (Å²) in [5, 5.41) is 0.469. The second-order valence-electron chi connectivity index (χ2n) is 5.71. The van der Waals surface area contributed by atoms with E-state index in [2.05, 4.69) is 25.9 Å². The van der Waals surface area contributed by atoms with Gasteiger partial charge in [0, 0.05) is 17.7 Å². The smallest absolute Gasteiger partial charge is 0.266 e. The number of aromatic nitrogens is 3. The molecular weight excluding hydrogens is 370 g/mol. The summed E-state index contributed by atoms with van der Waals surface area (Å²) in [6, 6.07) is 1.74. The third-order valence-corrected chi connectivity index (χ3v) is 5.45. The van der Waals surface area contributed by atoms with E-state index in [1.807, 2.05) is 0 Å². The maximum absolute atomic E-state index is 12.5. The van der Waals surface area contributed by atoms with Gasteiger partial charge in [0.05, 0.1) is 10.2 Å². The lowest BCUT2D eigenvalue weighted by Crippen LogP contribution is -2.26. The number of pyridine rings is 1. The van der Waals surface area contributed by atoms with Gasteiger partial charge >= 0.3 is 0 Å². The Balaban J connectivity index is 2.42. The van der Waals surface area contributed by atoms with E-state index in [1.54, 1.807) is 17.6 Å². The fraction of sp³-hybridized carbons (Fsp3) is 0.500. The number of rotatable bonds is 2. The first kappa shape index (κ1) is 15.6. The van der Waals surface area contributed by atoms with Crippen LogP contribution in [0.3, 0.4) is 0 Å². The molecule has 0 spiro atoms. The van der Waals surface area contributed by atoms with E-state index in [0.717, 1.165) is 31.9 Å². The molecule has 22 heavy (non-hydrogen) atoms. The third-order valence-electron chi connectivity index (χ3n) is 4.04. The fourth-order valence-electron chi connectivity index (χ4n) is 2.96. The van der Waals surface area contributed by atoms with E-state index in [1.165, 1.54) is 0 Å². The van der Waals surface area contributed by atoms with Crippen LogP contribution in [-0.4, -0.2) is 29.2 Å². The van der Waals surface area contributed by atoms with Gasteiger partial charge in [-0.2, -0.15) is 4.98 Å². The largest absolute Gasteiger partial charge is 0.288 e. The van der Waals surface area contributed by atoms with Crippen LogP contribution in [0.5, 0.6) is 0 Å². The van der Waals surface area contributed by atoms with Crippen molar-refractivity contribution < 1.29 is 8.42 Å². The fourth-order valence-corrected chi connectivity index (χ4v) is 3.94. The molecule has 0 bridgehead atoms. The molecule has 118 valence electrons. The maximum Gasteiger partial charge on any atom is 0.266 e. The number of nitrogens with zero attached hydrogens (tertiary/aromatic N) is 3. The number of aryl methyl sites for hydroxylation is 1. The predicted molar refractivity (Wildman–Crippen MR) is 86.8 cm³/mol. The highest BCUT2D eigenvalue weighted by molar-refractivity contribution is 9.10. The number of halogens is 1. The van der Waals surface area contributed by atoms with Crippen LogP contribution in [0.15, 0.2) is 20.5 Å². The standard InChI is InChI=1S/C14H16BrN3O3S/c1-8-10-7-11(15)13(19)18(9-5-3-4-6-9)12(10)17-14(16-8)22(2,20)21/h7,9H,3-6H2,1-2H3. The first-order valence-electron chi connectivity index (χ1n) is 7.08. The average Bonchev–Trinajstić information content (AvgIpc) is 2.93. The number of hydrogen-bond donors (Lipinski definition) is 0. The third kappa shape index (κ3) is 2.58. The Kier molecular flexibility index (Phi) is 3.84. The summed E-state index contributed by atoms with van der Waals surface area (Å²) in [7, 11) is -3.53. The number of sulfone groups is 1. The highest BCUT2D eigenvalue weighted by Gasteiger charge is 2.24. The van der Waals surface area contributed by atoms with E-state index in [-0.39, 0.29) is 16.8 Å². The van der Waals surface area contributed by atoms with Gasteiger partial charge < -0.3 is 0 Å². The number of fused-ring (bicyclic) bond motifs is 1. The van der Waals surface area contributed by atoms with Crippen molar-refractivity contribution in [3.8, 4) is 0 Å². The molecular formula is C14H16BrN3O3S. The Bertz CT molecular complexity index is 915. The Hall–Kier alpha value is -1.28. The second-order valence-corrected chi connectivity index (χ2v) is 8.47. The molecule has 8 heteroatoms. The zero-order valence-corrected chi connectivity index (χ0v) is 14.7. The van der Waals surface area contributed by atoms with Gasteiger partial charge in [0.25, 0.3) is 5.56 Å². The Morgan fingerprint density at radius 3 is 2.50 bits per heavy atom. The van der Waals surface area contributed by atoms with Crippen molar-refractivity contribution in [2.24, 2.45) is 0 Å². The molecule has 0 aromatic carbocycles. The van der Waals surface area contributed by atoms with E-state index >= 15 is 0 Å². The SMILES string of the molecule is Cc1nc(S(C)(=O)=O)nc2c1cc(Br)c(=O)n2C1CCCC1. The highest BCUT2D eigenvalue weighted by Crippen LogP contribution is 2.31. The van der Waals surface area contributed by atoms with E-state index < -0.39 is 9.84 Å². The van der Waals surface area contributed by atoms with Gasteiger partial charge in [-0.15, -0.1) is 0 Å². The molecule has 0 aliphatic heterocycles. The van der Waals surface area contributed by atoms with Crippen LogP contribution < -0.4 is 5.56 Å². The van der Waals surface area contributed by atoms with Crippen molar-refractivity contribution in [1.29, 1.82) is 0 Å². The summed E-state index contributed by atoms with van der Waals surface area (Å²) in [6.45, 7) is 1.73. The predicted octanol–water partition coefficient (Wildman–Crippen LogP) is 2.38. The van der Waals surface area contributed by atoms with Crippen LogP contribution >= 0.6 is 15.9 Å². The van der Waals surface area contributed by atoms with Gasteiger partial charge in [-0.3, -0.25) is 9.36 Å². The van der Waals surface area contributed by atoms with Crippen LogP contribution in [0.1, 0.15) is 37.4 Å². The molecule has 2 aromatic rings. The van der Waals surface area contributed by atoms with E-state index in [4.69, 9.17) is 0 Å². The maximum atomic E-state index is 12.5. The minimum absolute atomic E-state index is 0.0641. The molecule has 2 heterocycles. The Morgan fingerprint density at radius 1 is 1.27 bits per heavy atom. The minimum Gasteiger partial charge on any atom is -0.288 e. The summed E-state index contributed by atoms with van der Waals surface area (Å²) in [5.41, 5.74) is 0.794. The van der Waals surface area contributed by atoms with Gasteiger partial charge in [0.1, 0.15) is 5.65 Å². The average molecular weight is 386 g/mol. The van der Waals surface area contributed by atoms with Gasteiger partial charge in [0.2, 0.25) is 15.0 Å². The van der Waals surface area contributed by atoms with Crippen molar-refractivity contribution in [3.05, 3.63) is 26.6 Å². The van der Waals surface area contributed by atoms with E-state index in [0.29, 0.717) is 21.2 Å². The van der Waals surface area contributed by atoms with Gasteiger partial charge in [-0.05, 0) is 41.8 Å². The lowest BCUT2D eigenvalue weighted by Gasteiger charge is -2.17. The molecule has 2 aromatic heterocycles. The van der Waals surface area contributed by atoms with Gasteiger partial charge in [-0.25, -0.2) is 13.4 Å². The number of hydrogen-bond acceptors (Lipinski definition) is 5. The molecule has 3 rings (SSSR count). The van der Waals surface area contributed by atoms with Crippen molar-refractivity contribution in [3.63, 3.8) is 0 Å². The van der Waals surface area contributed by atoms with Crippen molar-refractivity contribution in [2.75, 3.05) is 6.26 Å². The topological polar surface area (TPSA) is 81.9 Å². The minimum atomic E-state index is -3.53. The summed E-state index contributed by atoms with van der Waals surface area (Å²) >= 11 is 3.30. The van der Waals surface area contributed by atoms with Crippen molar-refractivity contribution in [1.82, 2.24) is 14.5 Å². The van der Waals surface area contributed by atoms with Crippen LogP contribution in [0.2, 0.25) is 0 Å². The summed E-state index contributed by atoms with van der Waals surface area (Å²) in [4.78, 5) is 20.8. The molecule has 1 aliphatic rings. The molecule has 0 saturated heterocycles. The highest BCUT2D eigenvalue weighted by atomic mass is 79.9. The van der Waals surface area contributed by atoms with Crippen LogP contribution in [0.4, 0.5) is 0 Å². The second kappa shape index (κ2) is 5.42. The van der Waals surface area contributed by atoms with Gasteiger partial charge in [-0.1, -0.05) is 12.8 Å².